The van der Waals surface area contributed by atoms with Crippen molar-refractivity contribution in [2.75, 3.05) is 13.1 Å². The maximum Gasteiger partial charge on any atom is 0.0535 e. The highest BCUT2D eigenvalue weighted by atomic mass is 15.2. The number of nitrogens with two attached hydrogens (primary N) is 1. The predicted molar refractivity (Wildman–Crippen MR) is 60.4 cm³/mol. The number of nitrogens with zero attached hydrogens (tertiary/aromatic N) is 2. The molecule has 0 spiro atoms. The molecule has 4 nitrogen and oxygen atoms in total. The highest BCUT2D eigenvalue weighted by Crippen LogP contribution is 2.20. The summed E-state index contributed by atoms with van der Waals surface area (Å²) in [6, 6.07) is 0.320. The number of rotatable bonds is 3. The second-order valence-corrected chi connectivity index (χ2v) is 4.66. The molecule has 1 aliphatic heterocycles. The van der Waals surface area contributed by atoms with Gasteiger partial charge in [0.2, 0.25) is 0 Å². The normalized spacial score (nSPS) is 24.6. The van der Waals surface area contributed by atoms with Crippen LogP contribution in [-0.4, -0.2) is 34.2 Å². The van der Waals surface area contributed by atoms with Crippen molar-refractivity contribution in [1.82, 2.24) is 15.1 Å². The van der Waals surface area contributed by atoms with Crippen LogP contribution in [0, 0.1) is 12.8 Å². The molecule has 3 N–H and O–H groups in total. The summed E-state index contributed by atoms with van der Waals surface area (Å²) in [5.41, 5.74) is 8.40. The van der Waals surface area contributed by atoms with Gasteiger partial charge >= 0.3 is 0 Å². The lowest BCUT2D eigenvalue weighted by atomic mass is 10.0. The van der Waals surface area contributed by atoms with Crippen LogP contribution >= 0.6 is 0 Å². The third-order valence-corrected chi connectivity index (χ3v) is 3.38. The summed E-state index contributed by atoms with van der Waals surface area (Å²) in [5.74, 6) is 0.664. The molecule has 2 rings (SSSR count). The lowest BCUT2D eigenvalue weighted by Crippen LogP contribution is -2.29. The average molecular weight is 208 g/mol. The van der Waals surface area contributed by atoms with E-state index in [1.165, 1.54) is 17.7 Å². The molecule has 0 saturated carbocycles. The van der Waals surface area contributed by atoms with E-state index in [9.17, 15) is 0 Å². The van der Waals surface area contributed by atoms with Crippen LogP contribution in [0.5, 0.6) is 0 Å². The van der Waals surface area contributed by atoms with Gasteiger partial charge in [-0.3, -0.25) is 10.00 Å². The van der Waals surface area contributed by atoms with Crippen LogP contribution < -0.4 is 5.73 Å². The Hall–Kier alpha value is -0.870. The van der Waals surface area contributed by atoms with E-state index in [0.717, 1.165) is 19.6 Å². The van der Waals surface area contributed by atoms with E-state index in [1.54, 1.807) is 0 Å². The minimum absolute atomic E-state index is 0.320. The van der Waals surface area contributed by atoms with Gasteiger partial charge in [0, 0.05) is 30.4 Å². The number of likely N-dealkylation sites (tertiary alicyclic amines) is 1. The Morgan fingerprint density at radius 3 is 3.07 bits per heavy atom. The third kappa shape index (κ3) is 2.38. The second-order valence-electron chi connectivity index (χ2n) is 4.66. The van der Waals surface area contributed by atoms with E-state index in [1.807, 2.05) is 6.20 Å². The molecule has 0 aliphatic carbocycles. The molecule has 1 fully saturated rings. The summed E-state index contributed by atoms with van der Waals surface area (Å²) in [6.07, 6.45) is 3.16. The van der Waals surface area contributed by atoms with Gasteiger partial charge in [0.1, 0.15) is 0 Å². The Kier molecular flexibility index (Phi) is 3.07. The van der Waals surface area contributed by atoms with Gasteiger partial charge in [-0.15, -0.1) is 0 Å². The van der Waals surface area contributed by atoms with E-state index in [4.69, 9.17) is 5.73 Å². The molecule has 1 saturated heterocycles. The lowest BCUT2D eigenvalue weighted by molar-refractivity contribution is 0.308. The van der Waals surface area contributed by atoms with Crippen LogP contribution in [-0.2, 0) is 6.54 Å². The maximum atomic E-state index is 5.92. The molecule has 2 atom stereocenters. The van der Waals surface area contributed by atoms with Crippen LogP contribution in [0.2, 0.25) is 0 Å². The summed E-state index contributed by atoms with van der Waals surface area (Å²) in [5, 5.41) is 7.02. The van der Waals surface area contributed by atoms with Gasteiger partial charge < -0.3 is 5.73 Å². The van der Waals surface area contributed by atoms with Crippen molar-refractivity contribution in [3.8, 4) is 0 Å². The van der Waals surface area contributed by atoms with Crippen molar-refractivity contribution in [2.45, 2.75) is 32.9 Å². The standard InChI is InChI=1S/C11H20N4/c1-8(12)10-3-4-15(6-10)7-11-5-13-14-9(11)2/h5,8,10H,3-4,6-7,12H2,1-2H3,(H,13,14). The van der Waals surface area contributed by atoms with Crippen LogP contribution in [0.15, 0.2) is 6.20 Å². The van der Waals surface area contributed by atoms with Gasteiger partial charge in [0.25, 0.3) is 0 Å². The fourth-order valence-corrected chi connectivity index (χ4v) is 2.21. The maximum absolute atomic E-state index is 5.92. The fraction of sp³-hybridized carbons (Fsp3) is 0.727. The molecule has 0 radical (unpaired) electrons. The van der Waals surface area contributed by atoms with Crippen molar-refractivity contribution >= 4 is 0 Å². The first-order valence-corrected chi connectivity index (χ1v) is 5.63. The highest BCUT2D eigenvalue weighted by Gasteiger charge is 2.25. The Bertz CT molecular complexity index is 318. The molecule has 2 unspecified atom stereocenters. The van der Waals surface area contributed by atoms with E-state index < -0.39 is 0 Å². The Labute approximate surface area is 90.8 Å². The van der Waals surface area contributed by atoms with Crippen LogP contribution in [0.1, 0.15) is 24.6 Å². The Morgan fingerprint density at radius 1 is 1.73 bits per heavy atom. The second kappa shape index (κ2) is 4.33. The first-order chi connectivity index (χ1) is 7.16. The van der Waals surface area contributed by atoms with Crippen molar-refractivity contribution < 1.29 is 0 Å². The third-order valence-electron chi connectivity index (χ3n) is 3.38. The molecule has 0 bridgehead atoms. The highest BCUT2D eigenvalue weighted by molar-refractivity contribution is 5.14. The number of aryl methyl sites for hydroxylation is 1. The molecule has 15 heavy (non-hydrogen) atoms. The zero-order valence-corrected chi connectivity index (χ0v) is 9.53. The van der Waals surface area contributed by atoms with Crippen LogP contribution in [0.3, 0.4) is 0 Å². The summed E-state index contributed by atoms with van der Waals surface area (Å²) < 4.78 is 0. The summed E-state index contributed by atoms with van der Waals surface area (Å²) >= 11 is 0. The number of nitrogens with one attached hydrogen (secondary N) is 1. The largest absolute Gasteiger partial charge is 0.328 e. The van der Waals surface area contributed by atoms with Crippen LogP contribution in [0.4, 0.5) is 0 Å². The smallest absolute Gasteiger partial charge is 0.0535 e. The van der Waals surface area contributed by atoms with Crippen molar-refractivity contribution in [3.05, 3.63) is 17.5 Å². The summed E-state index contributed by atoms with van der Waals surface area (Å²) in [6.45, 7) is 7.48. The zero-order valence-electron chi connectivity index (χ0n) is 9.53. The van der Waals surface area contributed by atoms with Crippen LogP contribution in [0.25, 0.3) is 0 Å². The summed E-state index contributed by atoms with van der Waals surface area (Å²) in [4.78, 5) is 2.46. The molecule has 0 amide bonds. The topological polar surface area (TPSA) is 57.9 Å². The van der Waals surface area contributed by atoms with Gasteiger partial charge in [0.05, 0.1) is 6.20 Å². The lowest BCUT2D eigenvalue weighted by Gasteiger charge is -2.17. The van der Waals surface area contributed by atoms with E-state index in [2.05, 4.69) is 28.9 Å². The van der Waals surface area contributed by atoms with Gasteiger partial charge in [0.15, 0.2) is 0 Å². The average Bonchev–Trinajstić information content (AvgIpc) is 2.77. The quantitative estimate of drug-likeness (QED) is 0.775. The van der Waals surface area contributed by atoms with E-state index in [0.29, 0.717) is 12.0 Å². The molecule has 1 aliphatic rings. The number of aromatic nitrogens is 2. The van der Waals surface area contributed by atoms with Crippen molar-refractivity contribution in [3.63, 3.8) is 0 Å². The van der Waals surface area contributed by atoms with Gasteiger partial charge in [-0.25, -0.2) is 0 Å². The molecule has 0 aromatic carbocycles. The minimum atomic E-state index is 0.320. The van der Waals surface area contributed by atoms with Gasteiger partial charge in [-0.2, -0.15) is 5.10 Å². The molecule has 1 aromatic rings. The first-order valence-electron chi connectivity index (χ1n) is 5.63. The predicted octanol–water partition coefficient (Wildman–Crippen LogP) is 0.887. The molecular weight excluding hydrogens is 188 g/mol. The minimum Gasteiger partial charge on any atom is -0.328 e. The SMILES string of the molecule is Cc1[nH]ncc1CN1CCC(C(C)N)C1. The van der Waals surface area contributed by atoms with E-state index >= 15 is 0 Å². The summed E-state index contributed by atoms with van der Waals surface area (Å²) in [7, 11) is 0. The molecule has 84 valence electrons. The zero-order chi connectivity index (χ0) is 10.8. The van der Waals surface area contributed by atoms with Crippen molar-refractivity contribution in [1.29, 1.82) is 0 Å². The molecule has 1 aromatic heterocycles. The Morgan fingerprint density at radius 2 is 2.53 bits per heavy atom. The molecular formula is C11H20N4. The number of H-pyrrole nitrogens is 1. The molecule has 2 heterocycles. The van der Waals surface area contributed by atoms with E-state index in [-0.39, 0.29) is 0 Å². The number of aromatic amines is 1. The number of hydrogen-bond donors (Lipinski definition) is 2. The Balaban J connectivity index is 1.90. The van der Waals surface area contributed by atoms with Gasteiger partial charge in [-0.1, -0.05) is 0 Å². The monoisotopic (exact) mass is 208 g/mol. The first kappa shape index (κ1) is 10.6. The molecule has 4 heteroatoms. The fourth-order valence-electron chi connectivity index (χ4n) is 2.21. The van der Waals surface area contributed by atoms with Gasteiger partial charge in [-0.05, 0) is 32.7 Å². The number of hydrogen-bond acceptors (Lipinski definition) is 3. The van der Waals surface area contributed by atoms with Crippen molar-refractivity contribution in [2.24, 2.45) is 11.7 Å².